The molecule has 3 heterocycles. The van der Waals surface area contributed by atoms with Crippen LogP contribution in [0.5, 0.6) is 0 Å². The number of pyridine rings is 2. The highest BCUT2D eigenvalue weighted by Crippen LogP contribution is 2.62. The molecule has 0 bridgehead atoms. The molecule has 1 aliphatic heterocycles. The Morgan fingerprint density at radius 3 is 2.74 bits per heavy atom. The summed E-state index contributed by atoms with van der Waals surface area (Å²) in [6, 6.07) is 14.1. The summed E-state index contributed by atoms with van der Waals surface area (Å²) < 4.78 is 0. The fourth-order valence-electron chi connectivity index (χ4n) is 5.71. The molecule has 34 heavy (non-hydrogen) atoms. The van der Waals surface area contributed by atoms with Crippen LogP contribution in [0.25, 0.3) is 22.3 Å². The lowest BCUT2D eigenvalue weighted by atomic mass is 9.32. The number of rotatable bonds is 7. The van der Waals surface area contributed by atoms with Crippen molar-refractivity contribution in [3.8, 4) is 17.2 Å². The zero-order valence-corrected chi connectivity index (χ0v) is 20.0. The Balaban J connectivity index is 1.35. The molecule has 1 aromatic carbocycles. The fraction of sp³-hybridized carbons (Fsp3) is 0.407. The second kappa shape index (κ2) is 9.10. The molecule has 7 heteroatoms. The smallest absolute Gasteiger partial charge is 0.279 e. The molecule has 172 valence electrons. The summed E-state index contributed by atoms with van der Waals surface area (Å²) in [5.74, 6) is 4.11. The van der Waals surface area contributed by atoms with Gasteiger partial charge in [-0.25, -0.2) is 15.2 Å². The Hall–Kier alpha value is -3.40. The van der Waals surface area contributed by atoms with Crippen LogP contribution < -0.4 is 10.6 Å². The van der Waals surface area contributed by atoms with E-state index in [9.17, 15) is 5.26 Å². The van der Waals surface area contributed by atoms with Crippen LogP contribution in [0.4, 0.5) is 11.5 Å². The van der Waals surface area contributed by atoms with Crippen LogP contribution in [0.1, 0.15) is 44.6 Å². The van der Waals surface area contributed by atoms with Crippen molar-refractivity contribution >= 4 is 35.5 Å². The highest BCUT2D eigenvalue weighted by Gasteiger charge is 2.55. The van der Waals surface area contributed by atoms with E-state index in [4.69, 9.17) is 15.7 Å². The highest BCUT2D eigenvalue weighted by atomic mass is 15.2. The van der Waals surface area contributed by atoms with E-state index in [0.29, 0.717) is 11.5 Å². The molecule has 1 unspecified atom stereocenters. The van der Waals surface area contributed by atoms with E-state index in [0.717, 1.165) is 53.2 Å². The largest absolute Gasteiger partial charge is 0.398 e. The molecular weight excluding hydrogens is 419 g/mol. The van der Waals surface area contributed by atoms with Gasteiger partial charge in [0.2, 0.25) is 0 Å². The van der Waals surface area contributed by atoms with Gasteiger partial charge in [0.25, 0.3) is 6.71 Å². The third kappa shape index (κ3) is 4.14. The number of anilines is 2. The summed E-state index contributed by atoms with van der Waals surface area (Å²) in [5.41, 5.74) is 11.3. The second-order valence-corrected chi connectivity index (χ2v) is 9.85. The van der Waals surface area contributed by atoms with E-state index in [1.165, 1.54) is 25.7 Å². The normalized spacial score (nSPS) is 19.0. The van der Waals surface area contributed by atoms with Gasteiger partial charge in [0.1, 0.15) is 5.82 Å². The van der Waals surface area contributed by atoms with Gasteiger partial charge >= 0.3 is 0 Å². The molecule has 6 nitrogen and oxygen atoms in total. The Morgan fingerprint density at radius 2 is 2.00 bits per heavy atom. The van der Waals surface area contributed by atoms with Crippen molar-refractivity contribution in [3.63, 3.8) is 0 Å². The molecule has 2 N–H and O–H groups in total. The van der Waals surface area contributed by atoms with Gasteiger partial charge in [-0.05, 0) is 54.0 Å². The number of hydrogen-bond acceptors (Lipinski definition) is 6. The van der Waals surface area contributed by atoms with Gasteiger partial charge in [-0.2, -0.15) is 0 Å². The van der Waals surface area contributed by atoms with Gasteiger partial charge in [0.15, 0.2) is 0 Å². The number of hydrogen-bond donors (Lipinski definition) is 1. The summed E-state index contributed by atoms with van der Waals surface area (Å²) in [4.78, 5) is 16.2. The van der Waals surface area contributed by atoms with E-state index in [2.05, 4.69) is 34.9 Å². The van der Waals surface area contributed by atoms with Crippen molar-refractivity contribution in [2.24, 2.45) is 4.99 Å². The maximum Gasteiger partial charge on any atom is 0.279 e. The third-order valence-electron chi connectivity index (χ3n) is 7.64. The summed E-state index contributed by atoms with van der Waals surface area (Å²) in [7, 11) is 1.74. The van der Waals surface area contributed by atoms with Crippen LogP contribution in [0.3, 0.4) is 0 Å². The zero-order chi connectivity index (χ0) is 23.7. The topological polar surface area (TPSA) is 91.2 Å². The van der Waals surface area contributed by atoms with Crippen molar-refractivity contribution in [1.29, 1.82) is 5.26 Å². The lowest BCUT2D eigenvalue weighted by Gasteiger charge is -2.23. The van der Waals surface area contributed by atoms with E-state index in [-0.39, 0.29) is 12.0 Å². The Kier molecular flexibility index (Phi) is 5.99. The van der Waals surface area contributed by atoms with Crippen LogP contribution in [0, 0.1) is 11.2 Å². The molecular formula is C27H31BN6. The van der Waals surface area contributed by atoms with Crippen molar-refractivity contribution < 1.29 is 0 Å². The quantitative estimate of drug-likeness (QED) is 0.296. The number of nitrogen functional groups attached to an aromatic ring is 1. The monoisotopic (exact) mass is 450 g/mol. The molecule has 0 amide bonds. The van der Waals surface area contributed by atoms with Crippen LogP contribution in [-0.2, 0) is 0 Å². The second-order valence-electron chi connectivity index (χ2n) is 9.85. The van der Waals surface area contributed by atoms with Crippen LogP contribution >= 0.6 is 0 Å². The predicted octanol–water partition coefficient (Wildman–Crippen LogP) is 5.40. The molecule has 0 spiro atoms. The Labute approximate surface area is 202 Å². The van der Waals surface area contributed by atoms with Gasteiger partial charge in [-0.3, -0.25) is 4.99 Å². The van der Waals surface area contributed by atoms with Crippen molar-refractivity contribution in [1.82, 2.24) is 9.97 Å². The number of nitriles is 1. The minimum absolute atomic E-state index is 0.171. The van der Waals surface area contributed by atoms with Crippen molar-refractivity contribution in [2.75, 3.05) is 30.8 Å². The number of aliphatic imine (C=N–C) groups is 1. The number of nitrogens with two attached hydrogens (primary N) is 1. The SMILES string of the molecule is CCCC1(B(C#N)C2CCN(c3ccc4nc(-c5ccc(N)c(C=NC)c5)ccc4n3)C2)CC1. The molecule has 0 radical (unpaired) electrons. The first kappa shape index (κ1) is 22.4. The summed E-state index contributed by atoms with van der Waals surface area (Å²) in [6.45, 7) is 4.28. The number of nitrogens with zero attached hydrogens (tertiary/aromatic N) is 5. The minimum atomic E-state index is 0.171. The van der Waals surface area contributed by atoms with E-state index in [1.807, 2.05) is 30.3 Å². The lowest BCUT2D eigenvalue weighted by molar-refractivity contribution is 0.695. The average Bonchev–Trinajstić information content (AvgIpc) is 3.46. The maximum absolute atomic E-state index is 9.96. The molecule has 1 atom stereocenters. The molecule has 2 aromatic heterocycles. The van der Waals surface area contributed by atoms with E-state index < -0.39 is 0 Å². The first-order chi connectivity index (χ1) is 16.6. The van der Waals surface area contributed by atoms with Crippen LogP contribution in [0.15, 0.2) is 47.5 Å². The molecule has 1 saturated carbocycles. The molecule has 1 saturated heterocycles. The first-order valence-electron chi connectivity index (χ1n) is 12.3. The number of aromatic nitrogens is 2. The Bertz CT molecular complexity index is 1280. The fourth-order valence-corrected chi connectivity index (χ4v) is 5.71. The Morgan fingerprint density at radius 1 is 1.21 bits per heavy atom. The van der Waals surface area contributed by atoms with Gasteiger partial charge in [0.05, 0.1) is 16.7 Å². The standard InChI is InChI=1S/C27H31BN6/c1-3-11-27(12-13-27)28(18-29)21-10-14-34(17-21)26-9-8-24-25(33-26)7-6-23(32-24)19-4-5-22(30)20(15-19)16-31-2/h4-9,15-16,21H,3,10-14,17,30H2,1-2H3. The summed E-state index contributed by atoms with van der Waals surface area (Å²) in [5, 5.41) is 10.2. The molecule has 2 fully saturated rings. The third-order valence-corrected chi connectivity index (χ3v) is 7.64. The molecule has 2 aliphatic rings. The van der Waals surface area contributed by atoms with Crippen molar-refractivity contribution in [2.45, 2.75) is 50.2 Å². The zero-order valence-electron chi connectivity index (χ0n) is 20.0. The summed E-state index contributed by atoms with van der Waals surface area (Å²) >= 11 is 0. The van der Waals surface area contributed by atoms with Gasteiger partial charge in [0, 0.05) is 49.1 Å². The molecule has 1 aliphatic carbocycles. The van der Waals surface area contributed by atoms with Gasteiger partial charge < -0.3 is 10.6 Å². The van der Waals surface area contributed by atoms with Gasteiger partial charge in [-0.1, -0.05) is 38.7 Å². The van der Waals surface area contributed by atoms with E-state index >= 15 is 0 Å². The maximum atomic E-state index is 9.96. The first-order valence-corrected chi connectivity index (χ1v) is 12.3. The molecule has 3 aromatic rings. The van der Waals surface area contributed by atoms with Crippen LogP contribution in [0.2, 0.25) is 11.1 Å². The lowest BCUT2D eigenvalue weighted by Crippen LogP contribution is -2.30. The minimum Gasteiger partial charge on any atom is -0.398 e. The van der Waals surface area contributed by atoms with Crippen LogP contribution in [-0.4, -0.2) is 43.0 Å². The highest BCUT2D eigenvalue weighted by molar-refractivity contribution is 6.72. The average molecular weight is 450 g/mol. The number of benzene rings is 1. The predicted molar refractivity (Wildman–Crippen MR) is 142 cm³/mol. The van der Waals surface area contributed by atoms with Crippen molar-refractivity contribution in [3.05, 3.63) is 48.0 Å². The van der Waals surface area contributed by atoms with E-state index in [1.54, 1.807) is 13.3 Å². The summed E-state index contributed by atoms with van der Waals surface area (Å²) in [6.07, 6.45) is 7.63. The number of fused-ring (bicyclic) bond motifs is 1. The van der Waals surface area contributed by atoms with Gasteiger partial charge in [-0.15, -0.1) is 0 Å². The molecule has 5 rings (SSSR count).